The number of imidazole rings is 1. The van der Waals surface area contributed by atoms with E-state index < -0.39 is 0 Å². The van der Waals surface area contributed by atoms with Gasteiger partial charge >= 0.3 is 0 Å². The Hall–Kier alpha value is -1.22. The second kappa shape index (κ2) is 5.88. The number of aromatic nitrogens is 4. The number of alkyl halides is 1. The largest absolute Gasteiger partial charge is 0.343 e. The number of fused-ring (bicyclic) bond motifs is 1. The molecule has 0 radical (unpaired) electrons. The maximum Gasteiger partial charge on any atom is 0.213 e. The van der Waals surface area contributed by atoms with Crippen molar-refractivity contribution in [3.63, 3.8) is 0 Å². The number of hydrogen-bond donors (Lipinski definition) is 0. The molecule has 0 aliphatic carbocycles. The number of aryl methyl sites for hydroxylation is 2. The van der Waals surface area contributed by atoms with Crippen molar-refractivity contribution in [3.05, 3.63) is 39.6 Å². The number of hydrogen-bond acceptors (Lipinski definition) is 4. The summed E-state index contributed by atoms with van der Waals surface area (Å²) in [7, 11) is 0. The lowest BCUT2D eigenvalue weighted by Gasteiger charge is -2.09. The molecule has 0 N–H and O–H groups in total. The van der Waals surface area contributed by atoms with Crippen LogP contribution >= 0.6 is 34.2 Å². The second-order valence-electron chi connectivity index (χ2n) is 4.59. The summed E-state index contributed by atoms with van der Waals surface area (Å²) in [5.74, 6) is 1.03. The molecule has 1 unspecified atom stereocenters. The van der Waals surface area contributed by atoms with Crippen LogP contribution in [0.15, 0.2) is 23.0 Å². The molecule has 0 amide bonds. The molecule has 0 spiro atoms. The standard InChI is InChI=1S/C13H11ClFIN4O/c1-7(14)13-18-10-5-9(16)8(15)4-11(10)20(13)3-2-12-17-6-21-19-12/h4-7H,2-3H2,1H3. The monoisotopic (exact) mass is 420 g/mol. The molecular formula is C13H11ClFIN4O. The lowest BCUT2D eigenvalue weighted by atomic mass is 10.3. The van der Waals surface area contributed by atoms with Crippen LogP contribution in [0.2, 0.25) is 0 Å². The van der Waals surface area contributed by atoms with Gasteiger partial charge in [-0.05, 0) is 35.6 Å². The zero-order chi connectivity index (χ0) is 15.0. The third-order valence-electron chi connectivity index (χ3n) is 3.14. The number of halogens is 3. The van der Waals surface area contributed by atoms with Crippen LogP contribution in [0.4, 0.5) is 4.39 Å². The van der Waals surface area contributed by atoms with Gasteiger partial charge in [0.25, 0.3) is 0 Å². The highest BCUT2D eigenvalue weighted by atomic mass is 127. The van der Waals surface area contributed by atoms with Gasteiger partial charge in [0.2, 0.25) is 6.39 Å². The van der Waals surface area contributed by atoms with Crippen molar-refractivity contribution in [3.8, 4) is 0 Å². The molecule has 3 aromatic rings. The third-order valence-corrected chi connectivity index (χ3v) is 4.16. The summed E-state index contributed by atoms with van der Waals surface area (Å²) in [6, 6.07) is 3.21. The van der Waals surface area contributed by atoms with E-state index in [0.717, 1.165) is 11.0 Å². The first-order valence-electron chi connectivity index (χ1n) is 6.30. The molecule has 110 valence electrons. The highest BCUT2D eigenvalue weighted by Gasteiger charge is 2.17. The van der Waals surface area contributed by atoms with E-state index in [0.29, 0.717) is 28.2 Å². The molecule has 0 aliphatic rings. The van der Waals surface area contributed by atoms with E-state index in [9.17, 15) is 4.39 Å². The first-order chi connectivity index (χ1) is 10.1. The van der Waals surface area contributed by atoms with Gasteiger partial charge in [-0.1, -0.05) is 5.16 Å². The van der Waals surface area contributed by atoms with Crippen molar-refractivity contribution in [2.75, 3.05) is 0 Å². The zero-order valence-electron chi connectivity index (χ0n) is 11.1. The summed E-state index contributed by atoms with van der Waals surface area (Å²) in [6.07, 6.45) is 1.85. The van der Waals surface area contributed by atoms with Crippen LogP contribution in [0.1, 0.15) is 23.9 Å². The van der Waals surface area contributed by atoms with Gasteiger partial charge in [-0.25, -0.2) is 9.37 Å². The fourth-order valence-corrected chi connectivity index (χ4v) is 2.81. The van der Waals surface area contributed by atoms with Crippen molar-refractivity contribution in [1.82, 2.24) is 19.7 Å². The number of rotatable bonds is 4. The number of nitrogens with zero attached hydrogens (tertiary/aromatic N) is 4. The van der Waals surface area contributed by atoms with Crippen LogP contribution in [0.3, 0.4) is 0 Å². The average Bonchev–Trinajstić information content (AvgIpc) is 3.05. The predicted molar refractivity (Wildman–Crippen MR) is 84.7 cm³/mol. The highest BCUT2D eigenvalue weighted by molar-refractivity contribution is 14.1. The van der Waals surface area contributed by atoms with Gasteiger partial charge in [-0.2, -0.15) is 4.98 Å². The van der Waals surface area contributed by atoms with Gasteiger partial charge in [0.1, 0.15) is 11.6 Å². The Morgan fingerprint density at radius 3 is 2.95 bits per heavy atom. The van der Waals surface area contributed by atoms with Gasteiger partial charge < -0.3 is 9.09 Å². The first kappa shape index (κ1) is 14.7. The molecule has 0 aliphatic heterocycles. The maximum atomic E-state index is 13.8. The summed E-state index contributed by atoms with van der Waals surface area (Å²) in [5, 5.41) is 3.50. The van der Waals surface area contributed by atoms with Crippen LogP contribution in [0.5, 0.6) is 0 Å². The van der Waals surface area contributed by atoms with Crippen LogP contribution < -0.4 is 0 Å². The molecule has 21 heavy (non-hydrogen) atoms. The van der Waals surface area contributed by atoms with E-state index >= 15 is 0 Å². The Labute approximate surface area is 138 Å². The predicted octanol–water partition coefficient (Wildman–Crippen LogP) is 3.71. The molecule has 2 heterocycles. The molecule has 1 aromatic carbocycles. The van der Waals surface area contributed by atoms with Crippen LogP contribution in [0.25, 0.3) is 11.0 Å². The van der Waals surface area contributed by atoms with E-state index in [1.807, 2.05) is 34.1 Å². The molecule has 3 rings (SSSR count). The smallest absolute Gasteiger partial charge is 0.213 e. The average molecular weight is 421 g/mol. The topological polar surface area (TPSA) is 56.7 Å². The molecule has 0 saturated carbocycles. The molecule has 0 saturated heterocycles. The van der Waals surface area contributed by atoms with Gasteiger partial charge in [-0.3, -0.25) is 0 Å². The molecular weight excluding hydrogens is 410 g/mol. The van der Waals surface area contributed by atoms with Crippen LogP contribution in [0, 0.1) is 9.39 Å². The molecule has 0 fully saturated rings. The summed E-state index contributed by atoms with van der Waals surface area (Å²) < 4.78 is 21.0. The molecule has 2 aromatic heterocycles. The molecule has 0 bridgehead atoms. The zero-order valence-corrected chi connectivity index (χ0v) is 14.0. The summed E-state index contributed by atoms with van der Waals surface area (Å²) in [4.78, 5) is 8.49. The quantitative estimate of drug-likeness (QED) is 0.477. The minimum absolute atomic E-state index is 0.266. The van der Waals surface area contributed by atoms with Crippen molar-refractivity contribution < 1.29 is 8.91 Å². The van der Waals surface area contributed by atoms with Crippen LogP contribution in [-0.2, 0) is 13.0 Å². The van der Waals surface area contributed by atoms with E-state index in [4.69, 9.17) is 16.1 Å². The lowest BCUT2D eigenvalue weighted by molar-refractivity contribution is 0.408. The van der Waals surface area contributed by atoms with Gasteiger partial charge in [-0.15, -0.1) is 11.6 Å². The van der Waals surface area contributed by atoms with E-state index in [1.54, 1.807) is 6.07 Å². The minimum Gasteiger partial charge on any atom is -0.343 e. The van der Waals surface area contributed by atoms with E-state index in [1.165, 1.54) is 12.5 Å². The maximum absolute atomic E-state index is 13.8. The van der Waals surface area contributed by atoms with Crippen molar-refractivity contribution in [2.24, 2.45) is 0 Å². The Bertz CT molecular complexity index is 772. The Morgan fingerprint density at radius 1 is 1.48 bits per heavy atom. The van der Waals surface area contributed by atoms with E-state index in [-0.39, 0.29) is 11.2 Å². The van der Waals surface area contributed by atoms with Crippen molar-refractivity contribution in [2.45, 2.75) is 25.3 Å². The third kappa shape index (κ3) is 2.89. The summed E-state index contributed by atoms with van der Waals surface area (Å²) in [6.45, 7) is 2.40. The van der Waals surface area contributed by atoms with Gasteiger partial charge in [0.15, 0.2) is 5.82 Å². The van der Waals surface area contributed by atoms with Crippen molar-refractivity contribution >= 4 is 45.2 Å². The molecule has 1 atom stereocenters. The van der Waals surface area contributed by atoms with Gasteiger partial charge in [0.05, 0.1) is 20.0 Å². The molecule has 8 heteroatoms. The fourth-order valence-electron chi connectivity index (χ4n) is 2.19. The van der Waals surface area contributed by atoms with E-state index in [2.05, 4.69) is 15.1 Å². The second-order valence-corrected chi connectivity index (χ2v) is 6.41. The van der Waals surface area contributed by atoms with Crippen molar-refractivity contribution in [1.29, 1.82) is 0 Å². The summed E-state index contributed by atoms with van der Waals surface area (Å²) in [5.41, 5.74) is 1.45. The fraction of sp³-hybridized carbons (Fsp3) is 0.308. The Kier molecular flexibility index (Phi) is 4.12. The normalized spacial score (nSPS) is 13.0. The SMILES string of the molecule is CC(Cl)c1nc2cc(I)c(F)cc2n1CCc1ncon1. The first-order valence-corrected chi connectivity index (χ1v) is 7.82. The number of benzene rings is 1. The minimum atomic E-state index is -0.275. The molecule has 5 nitrogen and oxygen atoms in total. The summed E-state index contributed by atoms with van der Waals surface area (Å²) >= 11 is 8.14. The Balaban J connectivity index is 2.04. The lowest BCUT2D eigenvalue weighted by Crippen LogP contribution is -2.07. The highest BCUT2D eigenvalue weighted by Crippen LogP contribution is 2.27. The van der Waals surface area contributed by atoms with Crippen LogP contribution in [-0.4, -0.2) is 19.7 Å². The van der Waals surface area contributed by atoms with Gasteiger partial charge in [0, 0.05) is 19.0 Å². The Morgan fingerprint density at radius 2 is 2.29 bits per heavy atom.